The minimum atomic E-state index is -0.0440. The molecule has 3 aromatic rings. The van der Waals surface area contributed by atoms with Crippen molar-refractivity contribution in [2.45, 2.75) is 38.1 Å². The Labute approximate surface area is 146 Å². The van der Waals surface area contributed by atoms with Gasteiger partial charge in [-0.1, -0.05) is 19.3 Å². The number of hydrogen-bond acceptors (Lipinski definition) is 4. The molecule has 4 rings (SSSR count). The number of rotatable bonds is 3. The lowest BCUT2D eigenvalue weighted by atomic mass is 9.95. The number of hydrogen-bond donors (Lipinski definition) is 1. The molecule has 0 aliphatic heterocycles. The summed E-state index contributed by atoms with van der Waals surface area (Å²) in [5.74, 6) is -0.0440. The maximum atomic E-state index is 12.9. The molecular formula is C19H21N5O. The van der Waals surface area contributed by atoms with E-state index in [1.807, 2.05) is 25.2 Å². The lowest BCUT2D eigenvalue weighted by Gasteiger charge is -2.23. The largest absolute Gasteiger partial charge is 0.349 e. The molecule has 0 bridgehead atoms. The summed E-state index contributed by atoms with van der Waals surface area (Å²) in [6, 6.07) is 5.93. The van der Waals surface area contributed by atoms with Crippen molar-refractivity contribution in [3.05, 3.63) is 42.4 Å². The molecule has 128 valence electrons. The van der Waals surface area contributed by atoms with E-state index in [1.165, 1.54) is 19.3 Å². The van der Waals surface area contributed by atoms with Gasteiger partial charge >= 0.3 is 0 Å². The quantitative estimate of drug-likeness (QED) is 0.798. The van der Waals surface area contributed by atoms with Gasteiger partial charge in [0.1, 0.15) is 0 Å². The Morgan fingerprint density at radius 1 is 1.24 bits per heavy atom. The molecule has 1 saturated carbocycles. The van der Waals surface area contributed by atoms with Crippen LogP contribution in [0.15, 0.2) is 36.8 Å². The second-order valence-electron chi connectivity index (χ2n) is 6.61. The zero-order valence-electron chi connectivity index (χ0n) is 14.3. The molecule has 3 aromatic heterocycles. The lowest BCUT2D eigenvalue weighted by Crippen LogP contribution is -2.36. The van der Waals surface area contributed by atoms with Gasteiger partial charge in [0.05, 0.1) is 22.8 Å². The lowest BCUT2D eigenvalue weighted by molar-refractivity contribution is 0.0929. The minimum absolute atomic E-state index is 0.0440. The van der Waals surface area contributed by atoms with Crippen LogP contribution in [0.4, 0.5) is 0 Å². The standard InChI is InChI=1S/C19H21N5O/c1-24-18-16(12-21-24)15(19(25)22-14-7-3-2-4-8-14)10-17(23-18)13-6-5-9-20-11-13/h5-6,9-12,14H,2-4,7-8H2,1H3,(H,22,25). The van der Waals surface area contributed by atoms with Crippen molar-refractivity contribution in [1.82, 2.24) is 25.1 Å². The molecule has 0 aromatic carbocycles. The van der Waals surface area contributed by atoms with Gasteiger partial charge in [-0.2, -0.15) is 5.10 Å². The minimum Gasteiger partial charge on any atom is -0.349 e. The molecule has 1 aliphatic rings. The number of nitrogens with zero attached hydrogens (tertiary/aromatic N) is 4. The summed E-state index contributed by atoms with van der Waals surface area (Å²) in [7, 11) is 1.84. The van der Waals surface area contributed by atoms with Gasteiger partial charge in [-0.15, -0.1) is 0 Å². The highest BCUT2D eigenvalue weighted by Gasteiger charge is 2.20. The molecule has 1 aliphatic carbocycles. The van der Waals surface area contributed by atoms with Crippen LogP contribution in [-0.2, 0) is 7.05 Å². The summed E-state index contributed by atoms with van der Waals surface area (Å²) >= 11 is 0. The Kier molecular flexibility index (Phi) is 4.17. The Balaban J connectivity index is 1.75. The monoisotopic (exact) mass is 335 g/mol. The van der Waals surface area contributed by atoms with Crippen LogP contribution in [-0.4, -0.2) is 31.7 Å². The van der Waals surface area contributed by atoms with E-state index in [0.29, 0.717) is 11.2 Å². The van der Waals surface area contributed by atoms with Gasteiger partial charge in [-0.05, 0) is 31.0 Å². The van der Waals surface area contributed by atoms with E-state index in [0.717, 1.165) is 29.5 Å². The third-order valence-corrected chi connectivity index (χ3v) is 4.85. The third kappa shape index (κ3) is 3.12. The molecule has 25 heavy (non-hydrogen) atoms. The smallest absolute Gasteiger partial charge is 0.252 e. The highest BCUT2D eigenvalue weighted by molar-refractivity contribution is 6.06. The number of aryl methyl sites for hydroxylation is 1. The number of carbonyl (C=O) groups excluding carboxylic acids is 1. The number of fused-ring (bicyclic) bond motifs is 1. The predicted octanol–water partition coefficient (Wildman–Crippen LogP) is 3.09. The van der Waals surface area contributed by atoms with Crippen molar-refractivity contribution in [2.24, 2.45) is 7.05 Å². The number of aromatic nitrogens is 4. The van der Waals surface area contributed by atoms with Crippen molar-refractivity contribution in [1.29, 1.82) is 0 Å². The molecule has 1 amide bonds. The molecule has 0 atom stereocenters. The molecule has 6 nitrogen and oxygen atoms in total. The fraction of sp³-hybridized carbons (Fsp3) is 0.368. The fourth-order valence-corrected chi connectivity index (χ4v) is 3.47. The summed E-state index contributed by atoms with van der Waals surface area (Å²) in [4.78, 5) is 21.8. The maximum absolute atomic E-state index is 12.9. The van der Waals surface area contributed by atoms with Crippen molar-refractivity contribution < 1.29 is 4.79 Å². The molecular weight excluding hydrogens is 314 g/mol. The van der Waals surface area contributed by atoms with Crippen LogP contribution in [0, 0.1) is 0 Å². The van der Waals surface area contributed by atoms with Gasteiger partial charge in [-0.3, -0.25) is 14.5 Å². The SMILES string of the molecule is Cn1ncc2c(C(=O)NC3CCCCC3)cc(-c3cccnc3)nc21. The molecule has 0 saturated heterocycles. The molecule has 1 N–H and O–H groups in total. The number of nitrogens with one attached hydrogen (secondary N) is 1. The molecule has 6 heteroatoms. The Morgan fingerprint density at radius 2 is 2.08 bits per heavy atom. The number of pyridine rings is 2. The van der Waals surface area contributed by atoms with E-state index >= 15 is 0 Å². The molecule has 0 spiro atoms. The zero-order chi connectivity index (χ0) is 17.2. The van der Waals surface area contributed by atoms with Crippen LogP contribution in [0.2, 0.25) is 0 Å². The summed E-state index contributed by atoms with van der Waals surface area (Å²) in [6.07, 6.45) is 10.9. The first-order valence-corrected chi connectivity index (χ1v) is 8.76. The maximum Gasteiger partial charge on any atom is 0.252 e. The number of amides is 1. The van der Waals surface area contributed by atoms with Crippen LogP contribution in [0.3, 0.4) is 0 Å². The highest BCUT2D eigenvalue weighted by atomic mass is 16.1. The Bertz CT molecular complexity index is 897. The van der Waals surface area contributed by atoms with Gasteiger partial charge in [0, 0.05) is 31.0 Å². The van der Waals surface area contributed by atoms with Gasteiger partial charge in [0.25, 0.3) is 5.91 Å². The van der Waals surface area contributed by atoms with Crippen molar-refractivity contribution >= 4 is 16.9 Å². The van der Waals surface area contributed by atoms with Gasteiger partial charge in [0.15, 0.2) is 5.65 Å². The van der Waals surface area contributed by atoms with Crippen LogP contribution in [0.5, 0.6) is 0 Å². The number of carbonyl (C=O) groups is 1. The first kappa shape index (κ1) is 15.7. The van der Waals surface area contributed by atoms with Crippen molar-refractivity contribution in [2.75, 3.05) is 0 Å². The second-order valence-corrected chi connectivity index (χ2v) is 6.61. The van der Waals surface area contributed by atoms with Crippen molar-refractivity contribution in [3.8, 4) is 11.3 Å². The zero-order valence-corrected chi connectivity index (χ0v) is 14.3. The topological polar surface area (TPSA) is 72.7 Å². The molecule has 0 unspecified atom stereocenters. The van der Waals surface area contributed by atoms with Gasteiger partial charge < -0.3 is 5.32 Å². The summed E-state index contributed by atoms with van der Waals surface area (Å²) in [5.41, 5.74) is 2.95. The molecule has 1 fully saturated rings. The van der Waals surface area contributed by atoms with E-state index in [1.54, 1.807) is 23.3 Å². The average Bonchev–Trinajstić information content (AvgIpc) is 3.03. The molecule has 0 radical (unpaired) electrons. The van der Waals surface area contributed by atoms with Gasteiger partial charge in [-0.25, -0.2) is 4.98 Å². The first-order chi connectivity index (χ1) is 12.2. The Hall–Kier alpha value is -2.76. The summed E-state index contributed by atoms with van der Waals surface area (Å²) < 4.78 is 1.70. The van der Waals surface area contributed by atoms with E-state index < -0.39 is 0 Å². The summed E-state index contributed by atoms with van der Waals surface area (Å²) in [5, 5.41) is 8.26. The fourth-order valence-electron chi connectivity index (χ4n) is 3.47. The summed E-state index contributed by atoms with van der Waals surface area (Å²) in [6.45, 7) is 0. The second kappa shape index (κ2) is 6.63. The highest BCUT2D eigenvalue weighted by Crippen LogP contribution is 2.25. The van der Waals surface area contributed by atoms with Crippen LogP contribution < -0.4 is 5.32 Å². The van der Waals surface area contributed by atoms with E-state index in [9.17, 15) is 4.79 Å². The normalized spacial score (nSPS) is 15.4. The Morgan fingerprint density at radius 3 is 2.84 bits per heavy atom. The van der Waals surface area contributed by atoms with Crippen LogP contribution in [0.25, 0.3) is 22.3 Å². The van der Waals surface area contributed by atoms with E-state index in [4.69, 9.17) is 0 Å². The van der Waals surface area contributed by atoms with Gasteiger partial charge in [0.2, 0.25) is 0 Å². The van der Waals surface area contributed by atoms with Crippen LogP contribution in [0.1, 0.15) is 42.5 Å². The van der Waals surface area contributed by atoms with Crippen LogP contribution >= 0.6 is 0 Å². The average molecular weight is 335 g/mol. The predicted molar refractivity (Wildman–Crippen MR) is 96.1 cm³/mol. The van der Waals surface area contributed by atoms with E-state index in [-0.39, 0.29) is 11.9 Å². The first-order valence-electron chi connectivity index (χ1n) is 8.76. The third-order valence-electron chi connectivity index (χ3n) is 4.85. The van der Waals surface area contributed by atoms with Crippen molar-refractivity contribution in [3.63, 3.8) is 0 Å². The molecule has 3 heterocycles. The van der Waals surface area contributed by atoms with E-state index in [2.05, 4.69) is 20.4 Å².